The fourth-order valence-corrected chi connectivity index (χ4v) is 3.42. The number of nitrogens with one attached hydrogen (secondary N) is 2. The first-order valence-electron chi connectivity index (χ1n) is 10.4. The molecule has 3 rings (SSSR count). The van der Waals surface area contributed by atoms with Crippen molar-refractivity contribution in [1.29, 1.82) is 0 Å². The highest BCUT2D eigenvalue weighted by molar-refractivity contribution is 14.0. The van der Waals surface area contributed by atoms with Gasteiger partial charge in [-0.1, -0.05) is 24.3 Å². The quantitative estimate of drug-likeness (QED) is 0.243. The van der Waals surface area contributed by atoms with Crippen molar-refractivity contribution in [2.75, 3.05) is 13.7 Å². The Morgan fingerprint density at radius 3 is 2.56 bits per heavy atom. The van der Waals surface area contributed by atoms with E-state index in [-0.39, 0.29) is 36.4 Å². The van der Waals surface area contributed by atoms with Crippen LogP contribution in [0.1, 0.15) is 35.0 Å². The molecule has 8 heteroatoms. The monoisotopic (exact) mass is 551 g/mol. The number of ether oxygens (including phenoxy) is 1. The lowest BCUT2D eigenvalue weighted by atomic mass is 10.1. The van der Waals surface area contributed by atoms with Crippen molar-refractivity contribution in [3.05, 3.63) is 82.4 Å². The van der Waals surface area contributed by atoms with E-state index in [9.17, 15) is 4.39 Å². The predicted molar refractivity (Wildman–Crippen MR) is 137 cm³/mol. The van der Waals surface area contributed by atoms with Crippen molar-refractivity contribution in [1.82, 2.24) is 20.4 Å². The van der Waals surface area contributed by atoms with Gasteiger partial charge in [0.25, 0.3) is 0 Å². The number of guanidine groups is 1. The minimum atomic E-state index is -0.264. The minimum absolute atomic E-state index is 0. The van der Waals surface area contributed by atoms with Gasteiger partial charge in [0, 0.05) is 31.5 Å². The van der Waals surface area contributed by atoms with Crippen LogP contribution in [0.2, 0.25) is 0 Å². The van der Waals surface area contributed by atoms with E-state index < -0.39 is 0 Å². The molecule has 172 valence electrons. The van der Waals surface area contributed by atoms with Crippen molar-refractivity contribution in [3.63, 3.8) is 0 Å². The molecule has 1 aromatic heterocycles. The largest absolute Gasteiger partial charge is 0.380 e. The standard InChI is InChI=1S/C24H30FN5O.HI/c1-5-26-24(27-14-19-10-11-22(25)21(13-19)16-31-4)28-15-20-8-6-7-9-23(20)30-18(3)12-17(2)29-30;/h6-13H,5,14-16H2,1-4H3,(H2,26,27,28);1H. The molecule has 0 spiro atoms. The molecule has 0 atom stereocenters. The number of para-hydroxylation sites is 1. The molecule has 0 unspecified atom stereocenters. The SMILES string of the molecule is CCNC(=NCc1ccc(F)c(COC)c1)NCc1ccccc1-n1nc(C)cc1C.I. The van der Waals surface area contributed by atoms with Crippen molar-refractivity contribution in [3.8, 4) is 5.69 Å². The maximum atomic E-state index is 13.8. The lowest BCUT2D eigenvalue weighted by Gasteiger charge is -2.15. The van der Waals surface area contributed by atoms with E-state index >= 15 is 0 Å². The van der Waals surface area contributed by atoms with Crippen LogP contribution in [0.25, 0.3) is 5.69 Å². The van der Waals surface area contributed by atoms with Gasteiger partial charge in [-0.15, -0.1) is 24.0 Å². The lowest BCUT2D eigenvalue weighted by Crippen LogP contribution is -2.37. The lowest BCUT2D eigenvalue weighted by molar-refractivity contribution is 0.181. The van der Waals surface area contributed by atoms with Crippen molar-refractivity contribution in [2.24, 2.45) is 4.99 Å². The average molecular weight is 551 g/mol. The summed E-state index contributed by atoms with van der Waals surface area (Å²) in [6.07, 6.45) is 0. The smallest absolute Gasteiger partial charge is 0.191 e. The molecule has 0 saturated heterocycles. The van der Waals surface area contributed by atoms with Crippen LogP contribution in [0.3, 0.4) is 0 Å². The first-order chi connectivity index (χ1) is 15.0. The Bertz CT molecular complexity index is 1050. The van der Waals surface area contributed by atoms with E-state index in [2.05, 4.69) is 45.8 Å². The van der Waals surface area contributed by atoms with Gasteiger partial charge in [-0.2, -0.15) is 5.10 Å². The second kappa shape index (κ2) is 12.5. The summed E-state index contributed by atoms with van der Waals surface area (Å²) < 4.78 is 20.9. The Balaban J connectivity index is 0.00000363. The number of aryl methyl sites for hydroxylation is 2. The Morgan fingerprint density at radius 2 is 1.88 bits per heavy atom. The number of methoxy groups -OCH3 is 1. The first-order valence-corrected chi connectivity index (χ1v) is 10.4. The molecule has 3 aromatic rings. The molecule has 0 fully saturated rings. The highest BCUT2D eigenvalue weighted by Crippen LogP contribution is 2.17. The number of aromatic nitrogens is 2. The van der Waals surface area contributed by atoms with Gasteiger partial charge in [-0.05, 0) is 56.2 Å². The van der Waals surface area contributed by atoms with Crippen molar-refractivity contribution in [2.45, 2.75) is 40.5 Å². The summed E-state index contributed by atoms with van der Waals surface area (Å²) in [7, 11) is 1.56. The van der Waals surface area contributed by atoms with Gasteiger partial charge in [0.05, 0.1) is 24.5 Å². The molecular formula is C24H31FIN5O. The fourth-order valence-electron chi connectivity index (χ4n) is 3.42. The fraction of sp³-hybridized carbons (Fsp3) is 0.333. The summed E-state index contributed by atoms with van der Waals surface area (Å²) in [5.74, 6) is 0.434. The van der Waals surface area contributed by atoms with E-state index in [1.807, 2.05) is 30.7 Å². The summed E-state index contributed by atoms with van der Waals surface area (Å²) in [4.78, 5) is 4.66. The van der Waals surface area contributed by atoms with Crippen LogP contribution in [0.5, 0.6) is 0 Å². The third-order valence-electron chi connectivity index (χ3n) is 4.85. The maximum absolute atomic E-state index is 13.8. The van der Waals surface area contributed by atoms with Gasteiger partial charge in [0.15, 0.2) is 5.96 Å². The zero-order chi connectivity index (χ0) is 22.2. The van der Waals surface area contributed by atoms with Gasteiger partial charge in [-0.3, -0.25) is 0 Å². The maximum Gasteiger partial charge on any atom is 0.191 e. The van der Waals surface area contributed by atoms with Crippen LogP contribution in [0.15, 0.2) is 53.5 Å². The van der Waals surface area contributed by atoms with Crippen LogP contribution in [-0.2, 0) is 24.4 Å². The normalized spacial score (nSPS) is 11.2. The van der Waals surface area contributed by atoms with Gasteiger partial charge >= 0.3 is 0 Å². The summed E-state index contributed by atoms with van der Waals surface area (Å²) in [5, 5.41) is 11.3. The average Bonchev–Trinajstić information content (AvgIpc) is 3.10. The van der Waals surface area contributed by atoms with Crippen LogP contribution in [-0.4, -0.2) is 29.4 Å². The highest BCUT2D eigenvalue weighted by atomic mass is 127. The summed E-state index contributed by atoms with van der Waals surface area (Å²) in [6.45, 7) is 8.08. The molecule has 0 aliphatic carbocycles. The highest BCUT2D eigenvalue weighted by Gasteiger charge is 2.09. The molecule has 0 aliphatic heterocycles. The molecule has 2 N–H and O–H groups in total. The molecule has 0 saturated carbocycles. The molecule has 6 nitrogen and oxygen atoms in total. The zero-order valence-electron chi connectivity index (χ0n) is 19.0. The van der Waals surface area contributed by atoms with Gasteiger partial charge in [0.2, 0.25) is 0 Å². The number of benzene rings is 2. The van der Waals surface area contributed by atoms with Crippen molar-refractivity contribution >= 4 is 29.9 Å². The first kappa shape index (κ1) is 25.8. The van der Waals surface area contributed by atoms with E-state index in [0.29, 0.717) is 24.6 Å². The molecule has 0 radical (unpaired) electrons. The Morgan fingerprint density at radius 1 is 1.09 bits per heavy atom. The van der Waals surface area contributed by atoms with Gasteiger partial charge < -0.3 is 15.4 Å². The van der Waals surface area contributed by atoms with E-state index in [4.69, 9.17) is 4.74 Å². The third-order valence-corrected chi connectivity index (χ3v) is 4.85. The third kappa shape index (κ3) is 6.77. The number of rotatable bonds is 8. The Hall–Kier alpha value is -2.46. The van der Waals surface area contributed by atoms with Crippen LogP contribution in [0.4, 0.5) is 4.39 Å². The summed E-state index contributed by atoms with van der Waals surface area (Å²) >= 11 is 0. The Kier molecular flexibility index (Phi) is 10.1. The molecule has 32 heavy (non-hydrogen) atoms. The van der Waals surface area contributed by atoms with Crippen molar-refractivity contribution < 1.29 is 9.13 Å². The number of hydrogen-bond acceptors (Lipinski definition) is 3. The second-order valence-electron chi connectivity index (χ2n) is 7.38. The molecule has 2 aromatic carbocycles. The minimum Gasteiger partial charge on any atom is -0.380 e. The van der Waals surface area contributed by atoms with E-state index in [1.165, 1.54) is 6.07 Å². The number of halogens is 2. The number of hydrogen-bond donors (Lipinski definition) is 2. The Labute approximate surface area is 206 Å². The summed E-state index contributed by atoms with van der Waals surface area (Å²) in [5.41, 5.74) is 5.69. The zero-order valence-corrected chi connectivity index (χ0v) is 21.3. The molecule has 0 bridgehead atoms. The number of nitrogens with zero attached hydrogens (tertiary/aromatic N) is 3. The topological polar surface area (TPSA) is 63.5 Å². The molecule has 0 aliphatic rings. The van der Waals surface area contributed by atoms with E-state index in [0.717, 1.165) is 34.7 Å². The molecule has 0 amide bonds. The molecule has 1 heterocycles. The summed E-state index contributed by atoms with van der Waals surface area (Å²) in [6, 6.07) is 15.3. The molecular weight excluding hydrogens is 520 g/mol. The van der Waals surface area contributed by atoms with E-state index in [1.54, 1.807) is 19.2 Å². The number of aliphatic imine (C=N–C) groups is 1. The van der Waals surface area contributed by atoms with Gasteiger partial charge in [0.1, 0.15) is 5.82 Å². The predicted octanol–water partition coefficient (Wildman–Crippen LogP) is 4.65. The van der Waals surface area contributed by atoms with Gasteiger partial charge in [-0.25, -0.2) is 14.1 Å². The van der Waals surface area contributed by atoms with Crippen LogP contribution < -0.4 is 10.6 Å². The second-order valence-corrected chi connectivity index (χ2v) is 7.38. The van der Waals surface area contributed by atoms with Crippen LogP contribution in [0, 0.1) is 19.7 Å². The van der Waals surface area contributed by atoms with Crippen LogP contribution >= 0.6 is 24.0 Å².